The Morgan fingerprint density at radius 2 is 0.923 bits per heavy atom. The van der Waals surface area contributed by atoms with Crippen LogP contribution >= 0.6 is 22.6 Å². The number of rotatable bonds is 7. The van der Waals surface area contributed by atoms with Crippen LogP contribution in [0.4, 0.5) is 65.9 Å². The molecule has 0 aromatic rings. The molecule has 0 N–H and O–H groups in total. The highest BCUT2D eigenvalue weighted by Crippen LogP contribution is 2.58. The average Bonchev–Trinajstić information content (AvgIpc) is 2.34. The van der Waals surface area contributed by atoms with Gasteiger partial charge in [0, 0.05) is 10.8 Å². The molecule has 0 fully saturated rings. The van der Waals surface area contributed by atoms with Gasteiger partial charge in [-0.1, -0.05) is 22.6 Å². The lowest BCUT2D eigenvalue weighted by atomic mass is 10.0. The van der Waals surface area contributed by atoms with Gasteiger partial charge in [0.1, 0.15) is 0 Å². The smallest absolute Gasteiger partial charge is 0.262 e. The minimum atomic E-state index is -7.66. The number of hydrogen-bond donors (Lipinski definition) is 0. The summed E-state index contributed by atoms with van der Waals surface area (Å²) >= 11 is 0.910. The van der Waals surface area contributed by atoms with E-state index in [1.54, 1.807) is 0 Å². The summed E-state index contributed by atoms with van der Waals surface area (Å²) in [5.41, 5.74) is 0. The Hall–Kier alpha value is -0.360. The van der Waals surface area contributed by atoms with Crippen molar-refractivity contribution in [2.45, 2.75) is 48.5 Å². The number of ether oxygens (including phenoxy) is 1. The van der Waals surface area contributed by atoms with E-state index in [0.717, 1.165) is 22.6 Å². The largest absolute Gasteiger partial charge is 0.458 e. The lowest BCUT2D eigenvalue weighted by Crippen LogP contribution is -2.67. The molecule has 0 aliphatic rings. The third kappa shape index (κ3) is 4.06. The summed E-state index contributed by atoms with van der Waals surface area (Å²) in [6, 6.07) is 0. The van der Waals surface area contributed by atoms with Crippen molar-refractivity contribution in [2.24, 2.45) is 0 Å². The molecule has 0 heterocycles. The summed E-state index contributed by atoms with van der Waals surface area (Å²) in [7, 11) is 0. The average molecular weight is 540 g/mol. The lowest BCUT2D eigenvalue weighted by molar-refractivity contribution is -0.520. The van der Waals surface area contributed by atoms with E-state index in [-0.39, 0.29) is 0 Å². The molecule has 26 heavy (non-hydrogen) atoms. The van der Waals surface area contributed by atoms with Crippen LogP contribution in [-0.4, -0.2) is 46.5 Å². The minimum absolute atomic E-state index is 0.910. The molecule has 0 unspecified atom stereocenters. The second-order valence-corrected chi connectivity index (χ2v) is 5.58. The van der Waals surface area contributed by atoms with Gasteiger partial charge in [0.05, 0.1) is 0 Å². The molecule has 0 atom stereocenters. The maximum atomic E-state index is 13.1. The van der Waals surface area contributed by atoms with Gasteiger partial charge in [-0.2, -0.15) is 65.9 Å². The molecule has 0 spiro atoms. The van der Waals surface area contributed by atoms with Crippen LogP contribution in [0, 0.1) is 0 Å². The maximum Gasteiger partial charge on any atom is 0.458 e. The topological polar surface area (TPSA) is 9.23 Å². The van der Waals surface area contributed by atoms with Crippen LogP contribution in [0.1, 0.15) is 6.42 Å². The van der Waals surface area contributed by atoms with Gasteiger partial charge >= 0.3 is 42.1 Å². The molecule has 0 saturated heterocycles. The van der Waals surface area contributed by atoms with Crippen LogP contribution in [0.3, 0.4) is 0 Å². The number of hydrogen-bond acceptors (Lipinski definition) is 1. The summed E-state index contributed by atoms with van der Waals surface area (Å²) < 4.78 is 190. The molecule has 0 aromatic carbocycles. The molecule has 1 nitrogen and oxygen atoms in total. The molecular formula is C9H4F15IO. The first-order valence-electron chi connectivity index (χ1n) is 5.61. The fraction of sp³-hybridized carbons (Fsp3) is 1.00. The van der Waals surface area contributed by atoms with Crippen molar-refractivity contribution in [3.05, 3.63) is 0 Å². The second kappa shape index (κ2) is 6.91. The first kappa shape index (κ1) is 25.6. The predicted octanol–water partition coefficient (Wildman–Crippen LogP) is 6.12. The highest BCUT2D eigenvalue weighted by atomic mass is 127. The van der Waals surface area contributed by atoms with E-state index in [0.29, 0.717) is 0 Å². The lowest BCUT2D eigenvalue weighted by Gasteiger charge is -2.39. The van der Waals surface area contributed by atoms with Gasteiger partial charge in [-0.25, -0.2) is 0 Å². The third-order valence-electron chi connectivity index (χ3n) is 2.63. The zero-order chi connectivity index (χ0) is 21.6. The summed E-state index contributed by atoms with van der Waals surface area (Å²) in [6.45, 7) is 0. The van der Waals surface area contributed by atoms with Crippen LogP contribution in [0.5, 0.6) is 0 Å². The molecule has 0 radical (unpaired) electrons. The Kier molecular flexibility index (Phi) is 6.81. The van der Waals surface area contributed by atoms with E-state index in [1.807, 2.05) is 0 Å². The summed E-state index contributed by atoms with van der Waals surface area (Å²) in [6.07, 6.45) is -24.9. The van der Waals surface area contributed by atoms with Gasteiger partial charge in [0.25, 0.3) is 0 Å². The fourth-order valence-electron chi connectivity index (χ4n) is 1.21. The Morgan fingerprint density at radius 3 is 1.19 bits per heavy atom. The van der Waals surface area contributed by atoms with Crippen LogP contribution in [-0.2, 0) is 4.74 Å². The zero-order valence-electron chi connectivity index (χ0n) is 11.4. The SMILES string of the molecule is FC(F)(F)C(F)(OC(F)(F)C(F)(F)C(F)(F)C(F)(F)CCI)C(F)(F)F. The fourth-order valence-corrected chi connectivity index (χ4v) is 1.88. The molecule has 0 saturated carbocycles. The summed E-state index contributed by atoms with van der Waals surface area (Å²) in [5, 5.41) is 0. The van der Waals surface area contributed by atoms with E-state index >= 15 is 0 Å². The number of halogens is 16. The van der Waals surface area contributed by atoms with Gasteiger partial charge in [0.2, 0.25) is 0 Å². The Balaban J connectivity index is 6.22. The van der Waals surface area contributed by atoms with E-state index in [4.69, 9.17) is 0 Å². The predicted molar refractivity (Wildman–Crippen MR) is 60.3 cm³/mol. The standard InChI is InChI=1S/C9H4F15IO/c10-3(11,1-2-25)4(12,13)5(14,15)9(23,24)26-6(16,7(17,18)19)8(20,21)22/h1-2H2. The molecule has 0 aromatic heterocycles. The highest BCUT2D eigenvalue weighted by molar-refractivity contribution is 14.1. The zero-order valence-corrected chi connectivity index (χ0v) is 13.5. The molecule has 17 heteroatoms. The van der Waals surface area contributed by atoms with E-state index < -0.39 is 52.9 Å². The van der Waals surface area contributed by atoms with Gasteiger partial charge < -0.3 is 0 Å². The van der Waals surface area contributed by atoms with Crippen LogP contribution < -0.4 is 0 Å². The van der Waals surface area contributed by atoms with Crippen LogP contribution in [0.25, 0.3) is 0 Å². The Labute approximate surface area is 147 Å². The first-order chi connectivity index (χ1) is 11.0. The van der Waals surface area contributed by atoms with E-state index in [2.05, 4.69) is 0 Å². The van der Waals surface area contributed by atoms with Gasteiger partial charge in [-0.05, 0) is 0 Å². The minimum Gasteiger partial charge on any atom is -0.262 e. The van der Waals surface area contributed by atoms with Gasteiger partial charge in [-0.15, -0.1) is 0 Å². The molecule has 0 aliphatic carbocycles. The monoisotopic (exact) mass is 540 g/mol. The number of alkyl halides is 16. The quantitative estimate of drug-likeness (QED) is 0.215. The molecule has 0 amide bonds. The Bertz CT molecular complexity index is 478. The highest BCUT2D eigenvalue weighted by Gasteiger charge is 2.86. The normalized spacial score (nSPS) is 16.2. The van der Waals surface area contributed by atoms with Gasteiger partial charge in [0.15, 0.2) is 0 Å². The van der Waals surface area contributed by atoms with Crippen molar-refractivity contribution in [3.63, 3.8) is 0 Å². The van der Waals surface area contributed by atoms with Gasteiger partial charge in [-0.3, -0.25) is 4.74 Å². The molecule has 0 bridgehead atoms. The second-order valence-electron chi connectivity index (χ2n) is 4.50. The van der Waals surface area contributed by atoms with Crippen molar-refractivity contribution >= 4 is 22.6 Å². The third-order valence-corrected chi connectivity index (χ3v) is 3.17. The van der Waals surface area contributed by atoms with Crippen molar-refractivity contribution in [1.82, 2.24) is 0 Å². The molecular weight excluding hydrogens is 536 g/mol. The van der Waals surface area contributed by atoms with Crippen molar-refractivity contribution in [2.75, 3.05) is 4.43 Å². The van der Waals surface area contributed by atoms with Crippen molar-refractivity contribution in [1.29, 1.82) is 0 Å². The van der Waals surface area contributed by atoms with Crippen molar-refractivity contribution in [3.8, 4) is 0 Å². The summed E-state index contributed by atoms with van der Waals surface area (Å²) in [4.78, 5) is 0. The van der Waals surface area contributed by atoms with Crippen LogP contribution in [0.15, 0.2) is 0 Å². The van der Waals surface area contributed by atoms with E-state index in [1.165, 1.54) is 4.74 Å². The van der Waals surface area contributed by atoms with Crippen molar-refractivity contribution < 1.29 is 70.6 Å². The maximum absolute atomic E-state index is 13.1. The first-order valence-corrected chi connectivity index (χ1v) is 7.14. The summed E-state index contributed by atoms with van der Waals surface area (Å²) in [5.74, 6) is -28.4. The molecule has 0 aliphatic heterocycles. The molecule has 0 rings (SSSR count). The molecule has 158 valence electrons. The van der Waals surface area contributed by atoms with E-state index in [9.17, 15) is 65.9 Å². The van der Waals surface area contributed by atoms with Crippen LogP contribution in [0.2, 0.25) is 0 Å². The Morgan fingerprint density at radius 1 is 0.577 bits per heavy atom.